The van der Waals surface area contributed by atoms with E-state index in [2.05, 4.69) is 56.3 Å². The second-order valence-corrected chi connectivity index (χ2v) is 6.67. The number of ether oxygens (including phenoxy) is 1. The lowest BCUT2D eigenvalue weighted by atomic mass is 9.77. The van der Waals surface area contributed by atoms with Crippen molar-refractivity contribution in [2.24, 2.45) is 11.8 Å². The van der Waals surface area contributed by atoms with Crippen LogP contribution in [0.3, 0.4) is 0 Å². The quantitative estimate of drug-likeness (QED) is 0.746. The summed E-state index contributed by atoms with van der Waals surface area (Å²) in [6.07, 6.45) is 10.3. The third kappa shape index (κ3) is 2.92. The Kier molecular flexibility index (Phi) is 3.49. The molecule has 2 aliphatic rings. The van der Waals surface area contributed by atoms with Crippen molar-refractivity contribution in [3.05, 3.63) is 42.0 Å². The van der Waals surface area contributed by atoms with Gasteiger partial charge in [0.15, 0.2) is 0 Å². The summed E-state index contributed by atoms with van der Waals surface area (Å²) < 4.78 is 6.30. The lowest BCUT2D eigenvalue weighted by Gasteiger charge is -2.31. The molecule has 102 valence electrons. The van der Waals surface area contributed by atoms with Crippen molar-refractivity contribution in [3.8, 4) is 0 Å². The van der Waals surface area contributed by atoms with Gasteiger partial charge < -0.3 is 4.74 Å². The minimum Gasteiger partial charge on any atom is -0.371 e. The minimum absolute atomic E-state index is 0.0819. The SMILES string of the molecule is CC1(C)C[C@H]2CCC[C@@H](/C=C/c3ccccc3)[C@H]2O1. The standard InChI is InChI=1S/C18H24O/c1-18(2)13-16-10-6-9-15(17(16)19-18)12-11-14-7-4-3-5-8-14/h3-5,7-8,11-12,15-17H,6,9-10,13H2,1-2H3/b12-11+/t15-,16+,17+/m0/s1. The van der Waals surface area contributed by atoms with E-state index in [1.165, 1.54) is 31.2 Å². The molecule has 3 atom stereocenters. The van der Waals surface area contributed by atoms with Crippen molar-refractivity contribution in [2.75, 3.05) is 0 Å². The molecule has 1 aliphatic carbocycles. The Morgan fingerprint density at radius 2 is 1.95 bits per heavy atom. The second-order valence-electron chi connectivity index (χ2n) is 6.67. The molecule has 0 aromatic heterocycles. The number of benzene rings is 1. The fourth-order valence-corrected chi connectivity index (χ4v) is 3.75. The summed E-state index contributed by atoms with van der Waals surface area (Å²) in [7, 11) is 0. The molecule has 1 heterocycles. The van der Waals surface area contributed by atoms with E-state index in [1.54, 1.807) is 0 Å². The van der Waals surface area contributed by atoms with E-state index in [4.69, 9.17) is 4.74 Å². The fourth-order valence-electron chi connectivity index (χ4n) is 3.75. The monoisotopic (exact) mass is 256 g/mol. The Morgan fingerprint density at radius 3 is 2.74 bits per heavy atom. The number of fused-ring (bicyclic) bond motifs is 1. The average Bonchev–Trinajstić information content (AvgIpc) is 2.72. The van der Waals surface area contributed by atoms with Gasteiger partial charge in [0.05, 0.1) is 11.7 Å². The smallest absolute Gasteiger partial charge is 0.0674 e. The summed E-state index contributed by atoms with van der Waals surface area (Å²) in [5, 5.41) is 0. The van der Waals surface area contributed by atoms with Gasteiger partial charge in [0.1, 0.15) is 0 Å². The van der Waals surface area contributed by atoms with E-state index in [0.29, 0.717) is 12.0 Å². The first-order valence-corrected chi connectivity index (χ1v) is 7.55. The van der Waals surface area contributed by atoms with Gasteiger partial charge in [-0.25, -0.2) is 0 Å². The van der Waals surface area contributed by atoms with Crippen molar-refractivity contribution >= 4 is 6.08 Å². The van der Waals surface area contributed by atoms with Crippen LogP contribution in [0.15, 0.2) is 36.4 Å². The maximum Gasteiger partial charge on any atom is 0.0674 e. The van der Waals surface area contributed by atoms with E-state index in [-0.39, 0.29) is 5.60 Å². The maximum atomic E-state index is 6.30. The van der Waals surface area contributed by atoms with Gasteiger partial charge in [-0.3, -0.25) is 0 Å². The zero-order valence-corrected chi connectivity index (χ0v) is 12.0. The Bertz CT molecular complexity index is 446. The molecular formula is C18H24O. The zero-order chi connectivity index (χ0) is 13.3. The van der Waals surface area contributed by atoms with E-state index in [9.17, 15) is 0 Å². The Labute approximate surface area is 116 Å². The Balaban J connectivity index is 1.72. The van der Waals surface area contributed by atoms with Crippen LogP contribution in [0.1, 0.15) is 45.1 Å². The van der Waals surface area contributed by atoms with Gasteiger partial charge in [-0.2, -0.15) is 0 Å². The van der Waals surface area contributed by atoms with Crippen LogP contribution in [-0.4, -0.2) is 11.7 Å². The van der Waals surface area contributed by atoms with Crippen molar-refractivity contribution in [1.29, 1.82) is 0 Å². The molecule has 1 nitrogen and oxygen atoms in total. The number of hydrogen-bond acceptors (Lipinski definition) is 1. The minimum atomic E-state index is 0.0819. The molecule has 0 bridgehead atoms. The van der Waals surface area contributed by atoms with Crippen molar-refractivity contribution < 1.29 is 4.74 Å². The van der Waals surface area contributed by atoms with Crippen LogP contribution < -0.4 is 0 Å². The van der Waals surface area contributed by atoms with Crippen molar-refractivity contribution in [1.82, 2.24) is 0 Å². The lowest BCUT2D eigenvalue weighted by molar-refractivity contribution is -0.0473. The highest BCUT2D eigenvalue weighted by Gasteiger charge is 2.44. The largest absolute Gasteiger partial charge is 0.371 e. The lowest BCUT2D eigenvalue weighted by Crippen LogP contribution is -2.30. The molecule has 0 spiro atoms. The first kappa shape index (κ1) is 12.9. The first-order valence-electron chi connectivity index (χ1n) is 7.55. The van der Waals surface area contributed by atoms with Crippen LogP contribution in [-0.2, 0) is 4.74 Å². The third-order valence-corrected chi connectivity index (χ3v) is 4.54. The number of hydrogen-bond donors (Lipinski definition) is 0. The zero-order valence-electron chi connectivity index (χ0n) is 12.0. The molecule has 1 aromatic carbocycles. The molecule has 19 heavy (non-hydrogen) atoms. The van der Waals surface area contributed by atoms with E-state index in [0.717, 1.165) is 5.92 Å². The van der Waals surface area contributed by atoms with Crippen LogP contribution in [0.2, 0.25) is 0 Å². The van der Waals surface area contributed by atoms with Crippen LogP contribution in [0.5, 0.6) is 0 Å². The van der Waals surface area contributed by atoms with Crippen LogP contribution >= 0.6 is 0 Å². The summed E-state index contributed by atoms with van der Waals surface area (Å²) in [5.41, 5.74) is 1.38. The van der Waals surface area contributed by atoms with Gasteiger partial charge >= 0.3 is 0 Å². The molecule has 1 aliphatic heterocycles. The summed E-state index contributed by atoms with van der Waals surface area (Å²) >= 11 is 0. The summed E-state index contributed by atoms with van der Waals surface area (Å²) in [4.78, 5) is 0. The fraction of sp³-hybridized carbons (Fsp3) is 0.556. The molecule has 1 saturated carbocycles. The van der Waals surface area contributed by atoms with Gasteiger partial charge in [0.2, 0.25) is 0 Å². The van der Waals surface area contributed by atoms with Gasteiger partial charge in [-0.1, -0.05) is 48.9 Å². The topological polar surface area (TPSA) is 9.23 Å². The molecule has 1 heteroatoms. The Morgan fingerprint density at radius 1 is 1.16 bits per heavy atom. The van der Waals surface area contributed by atoms with Gasteiger partial charge in [-0.15, -0.1) is 0 Å². The van der Waals surface area contributed by atoms with Crippen LogP contribution in [0.4, 0.5) is 0 Å². The maximum absolute atomic E-state index is 6.30. The van der Waals surface area contributed by atoms with E-state index < -0.39 is 0 Å². The van der Waals surface area contributed by atoms with Crippen LogP contribution in [0.25, 0.3) is 6.08 Å². The van der Waals surface area contributed by atoms with Crippen molar-refractivity contribution in [3.63, 3.8) is 0 Å². The van der Waals surface area contributed by atoms with E-state index >= 15 is 0 Å². The predicted octanol–water partition coefficient (Wildman–Crippen LogP) is 4.68. The second kappa shape index (κ2) is 5.13. The molecule has 0 radical (unpaired) electrons. The summed E-state index contributed by atoms with van der Waals surface area (Å²) in [6.45, 7) is 4.48. The van der Waals surface area contributed by atoms with Gasteiger partial charge in [-0.05, 0) is 44.6 Å². The highest BCUT2D eigenvalue weighted by Crippen LogP contribution is 2.45. The molecule has 0 amide bonds. The molecule has 0 unspecified atom stereocenters. The van der Waals surface area contributed by atoms with Gasteiger partial charge in [0, 0.05) is 5.92 Å². The average molecular weight is 256 g/mol. The molecule has 1 aromatic rings. The normalized spacial score (nSPS) is 33.5. The van der Waals surface area contributed by atoms with Crippen LogP contribution in [0, 0.1) is 11.8 Å². The first-order chi connectivity index (χ1) is 9.14. The van der Waals surface area contributed by atoms with Gasteiger partial charge in [0.25, 0.3) is 0 Å². The highest BCUT2D eigenvalue weighted by molar-refractivity contribution is 5.49. The molecule has 3 rings (SSSR count). The molecular weight excluding hydrogens is 232 g/mol. The Hall–Kier alpha value is -1.08. The van der Waals surface area contributed by atoms with Crippen molar-refractivity contribution in [2.45, 2.75) is 51.2 Å². The summed E-state index contributed by atoms with van der Waals surface area (Å²) in [6, 6.07) is 10.6. The highest BCUT2D eigenvalue weighted by atomic mass is 16.5. The summed E-state index contributed by atoms with van der Waals surface area (Å²) in [5.74, 6) is 1.37. The molecule has 1 saturated heterocycles. The molecule has 0 N–H and O–H groups in total. The number of rotatable bonds is 2. The third-order valence-electron chi connectivity index (χ3n) is 4.54. The predicted molar refractivity (Wildman–Crippen MR) is 79.9 cm³/mol. The van der Waals surface area contributed by atoms with E-state index in [1.807, 2.05) is 0 Å². The molecule has 2 fully saturated rings.